The first-order valence-corrected chi connectivity index (χ1v) is 8.21. The molecule has 2 aromatic heterocycles. The summed E-state index contributed by atoms with van der Waals surface area (Å²) in [6, 6.07) is 16.4. The second kappa shape index (κ2) is 7.31. The number of aromatic amines is 1. The molecular weight excluding hydrogens is 300 g/mol. The van der Waals surface area contributed by atoms with E-state index in [1.165, 1.54) is 5.56 Å². The summed E-state index contributed by atoms with van der Waals surface area (Å²) in [7, 11) is 0. The zero-order chi connectivity index (χ0) is 16.8. The van der Waals surface area contributed by atoms with Gasteiger partial charge in [0.25, 0.3) is 0 Å². The maximum absolute atomic E-state index is 4.62. The summed E-state index contributed by atoms with van der Waals surface area (Å²) in [6.45, 7) is 5.13. The quantitative estimate of drug-likeness (QED) is 0.699. The standard InChI is InChI=1S/C18H22N6/c1-3-12-18(2,14-8-5-4-6-9-14)19-13-15-10-7-11-16(20-15)17-21-23-24-22-17/h4-11,19H,3,12-13H2,1-2H3,(H,21,22,23,24). The van der Waals surface area contributed by atoms with Gasteiger partial charge in [0.2, 0.25) is 5.82 Å². The summed E-state index contributed by atoms with van der Waals surface area (Å²) in [5.41, 5.74) is 2.89. The Hall–Kier alpha value is -2.60. The van der Waals surface area contributed by atoms with Gasteiger partial charge in [-0.3, -0.25) is 0 Å². The van der Waals surface area contributed by atoms with Crippen molar-refractivity contribution in [2.24, 2.45) is 0 Å². The average Bonchev–Trinajstić information content (AvgIpc) is 3.16. The van der Waals surface area contributed by atoms with Crippen LogP contribution in [0.15, 0.2) is 48.5 Å². The Morgan fingerprint density at radius 1 is 1.08 bits per heavy atom. The molecule has 124 valence electrons. The third kappa shape index (κ3) is 3.65. The topological polar surface area (TPSA) is 79.4 Å². The number of hydrogen-bond donors (Lipinski definition) is 2. The molecular formula is C18H22N6. The minimum atomic E-state index is -0.0835. The number of benzene rings is 1. The first-order valence-electron chi connectivity index (χ1n) is 8.21. The monoisotopic (exact) mass is 322 g/mol. The third-order valence-corrected chi connectivity index (χ3v) is 4.20. The highest BCUT2D eigenvalue weighted by molar-refractivity contribution is 5.47. The summed E-state index contributed by atoms with van der Waals surface area (Å²) in [4.78, 5) is 4.62. The van der Waals surface area contributed by atoms with E-state index >= 15 is 0 Å². The van der Waals surface area contributed by atoms with Gasteiger partial charge in [0.15, 0.2) is 0 Å². The Kier molecular flexibility index (Phi) is 4.96. The lowest BCUT2D eigenvalue weighted by molar-refractivity contribution is 0.332. The molecule has 24 heavy (non-hydrogen) atoms. The molecule has 1 aromatic carbocycles. The summed E-state index contributed by atoms with van der Waals surface area (Å²) in [5, 5.41) is 17.7. The van der Waals surface area contributed by atoms with Gasteiger partial charge in [-0.05, 0) is 36.3 Å². The molecule has 2 heterocycles. The molecule has 1 atom stereocenters. The van der Waals surface area contributed by atoms with Crippen LogP contribution in [0.2, 0.25) is 0 Å². The molecule has 0 spiro atoms. The number of nitrogens with one attached hydrogen (secondary N) is 2. The molecule has 0 fully saturated rings. The van der Waals surface area contributed by atoms with Gasteiger partial charge >= 0.3 is 0 Å². The van der Waals surface area contributed by atoms with Crippen LogP contribution < -0.4 is 5.32 Å². The number of H-pyrrole nitrogens is 1. The van der Waals surface area contributed by atoms with Crippen LogP contribution in [0.25, 0.3) is 11.5 Å². The average molecular weight is 322 g/mol. The van der Waals surface area contributed by atoms with E-state index in [2.05, 4.69) is 69.0 Å². The van der Waals surface area contributed by atoms with Gasteiger partial charge in [-0.15, -0.1) is 10.2 Å². The molecule has 0 aliphatic rings. The minimum absolute atomic E-state index is 0.0835. The second-order valence-electron chi connectivity index (χ2n) is 6.05. The van der Waals surface area contributed by atoms with Crippen molar-refractivity contribution in [3.8, 4) is 11.5 Å². The Labute approximate surface area is 141 Å². The van der Waals surface area contributed by atoms with Gasteiger partial charge in [0.1, 0.15) is 5.69 Å². The lowest BCUT2D eigenvalue weighted by atomic mass is 9.87. The first-order chi connectivity index (χ1) is 11.7. The van der Waals surface area contributed by atoms with Crippen LogP contribution >= 0.6 is 0 Å². The number of aromatic nitrogens is 5. The molecule has 1 unspecified atom stereocenters. The zero-order valence-corrected chi connectivity index (χ0v) is 14.0. The van der Waals surface area contributed by atoms with Crippen molar-refractivity contribution in [3.63, 3.8) is 0 Å². The fraction of sp³-hybridized carbons (Fsp3) is 0.333. The fourth-order valence-corrected chi connectivity index (χ4v) is 2.90. The molecule has 6 nitrogen and oxygen atoms in total. The molecule has 3 rings (SSSR count). The maximum Gasteiger partial charge on any atom is 0.222 e. The Bertz CT molecular complexity index is 756. The van der Waals surface area contributed by atoms with Gasteiger partial charge in [0.05, 0.1) is 5.69 Å². The normalized spacial score (nSPS) is 13.6. The molecule has 0 aliphatic carbocycles. The molecule has 0 bridgehead atoms. The van der Waals surface area contributed by atoms with E-state index in [0.717, 1.165) is 24.2 Å². The van der Waals surface area contributed by atoms with Gasteiger partial charge in [-0.1, -0.05) is 49.7 Å². The van der Waals surface area contributed by atoms with Crippen molar-refractivity contribution in [1.29, 1.82) is 0 Å². The highest BCUT2D eigenvalue weighted by Crippen LogP contribution is 2.26. The number of nitrogens with zero attached hydrogens (tertiary/aromatic N) is 4. The number of hydrogen-bond acceptors (Lipinski definition) is 5. The van der Waals surface area contributed by atoms with Crippen LogP contribution in [0.3, 0.4) is 0 Å². The molecule has 0 saturated carbocycles. The maximum atomic E-state index is 4.62. The summed E-state index contributed by atoms with van der Waals surface area (Å²) in [5.74, 6) is 0.510. The third-order valence-electron chi connectivity index (χ3n) is 4.20. The molecule has 6 heteroatoms. The van der Waals surface area contributed by atoms with E-state index < -0.39 is 0 Å². The zero-order valence-electron chi connectivity index (χ0n) is 14.0. The van der Waals surface area contributed by atoms with Crippen LogP contribution in [0.1, 0.15) is 37.9 Å². The Morgan fingerprint density at radius 2 is 1.92 bits per heavy atom. The lowest BCUT2D eigenvalue weighted by Crippen LogP contribution is -2.39. The predicted octanol–water partition coefficient (Wildman–Crippen LogP) is 3.07. The number of rotatable bonds is 7. The van der Waals surface area contributed by atoms with Crippen LogP contribution in [-0.4, -0.2) is 25.6 Å². The molecule has 0 aliphatic heterocycles. The number of pyridine rings is 1. The summed E-state index contributed by atoms with van der Waals surface area (Å²) >= 11 is 0. The minimum Gasteiger partial charge on any atom is -0.302 e. The van der Waals surface area contributed by atoms with Gasteiger partial charge in [0, 0.05) is 12.1 Å². The van der Waals surface area contributed by atoms with Gasteiger partial charge in [-0.2, -0.15) is 5.21 Å². The number of tetrazole rings is 1. The van der Waals surface area contributed by atoms with Crippen molar-refractivity contribution in [2.75, 3.05) is 0 Å². The van der Waals surface area contributed by atoms with Crippen LogP contribution in [-0.2, 0) is 12.1 Å². The highest BCUT2D eigenvalue weighted by Gasteiger charge is 2.24. The van der Waals surface area contributed by atoms with E-state index in [9.17, 15) is 0 Å². The molecule has 3 aromatic rings. The first kappa shape index (κ1) is 16.3. The lowest BCUT2D eigenvalue weighted by Gasteiger charge is -2.31. The van der Waals surface area contributed by atoms with Crippen LogP contribution in [0.4, 0.5) is 0 Å². The van der Waals surface area contributed by atoms with Crippen LogP contribution in [0, 0.1) is 0 Å². The molecule has 0 saturated heterocycles. The van der Waals surface area contributed by atoms with Crippen molar-refractivity contribution < 1.29 is 0 Å². The smallest absolute Gasteiger partial charge is 0.222 e. The Morgan fingerprint density at radius 3 is 2.62 bits per heavy atom. The van der Waals surface area contributed by atoms with Crippen LogP contribution in [0.5, 0.6) is 0 Å². The largest absolute Gasteiger partial charge is 0.302 e. The SMILES string of the molecule is CCCC(C)(NCc1cccc(-c2nn[nH]n2)n1)c1ccccc1. The van der Waals surface area contributed by atoms with Crippen molar-refractivity contribution in [3.05, 3.63) is 59.8 Å². The summed E-state index contributed by atoms with van der Waals surface area (Å²) < 4.78 is 0. The highest BCUT2D eigenvalue weighted by atomic mass is 15.5. The molecule has 0 amide bonds. The Balaban J connectivity index is 1.77. The fourth-order valence-electron chi connectivity index (χ4n) is 2.90. The van der Waals surface area contributed by atoms with E-state index in [-0.39, 0.29) is 5.54 Å². The van der Waals surface area contributed by atoms with E-state index in [0.29, 0.717) is 12.4 Å². The van der Waals surface area contributed by atoms with E-state index in [1.807, 2.05) is 24.3 Å². The molecule has 0 radical (unpaired) electrons. The van der Waals surface area contributed by atoms with E-state index in [4.69, 9.17) is 0 Å². The van der Waals surface area contributed by atoms with Gasteiger partial charge in [-0.25, -0.2) is 4.98 Å². The second-order valence-corrected chi connectivity index (χ2v) is 6.05. The van der Waals surface area contributed by atoms with E-state index in [1.54, 1.807) is 0 Å². The van der Waals surface area contributed by atoms with Crippen molar-refractivity contribution in [1.82, 2.24) is 30.9 Å². The predicted molar refractivity (Wildman–Crippen MR) is 93.0 cm³/mol. The summed E-state index contributed by atoms with van der Waals surface area (Å²) in [6.07, 6.45) is 2.16. The van der Waals surface area contributed by atoms with Crippen molar-refractivity contribution in [2.45, 2.75) is 38.8 Å². The molecule has 2 N–H and O–H groups in total. The van der Waals surface area contributed by atoms with Gasteiger partial charge < -0.3 is 5.32 Å². The van der Waals surface area contributed by atoms with Crippen molar-refractivity contribution >= 4 is 0 Å².